The van der Waals surface area contributed by atoms with Gasteiger partial charge in [0.2, 0.25) is 5.91 Å². The van der Waals surface area contributed by atoms with E-state index in [1.165, 1.54) is 250 Å². The van der Waals surface area contributed by atoms with Crippen molar-refractivity contribution in [1.82, 2.24) is 5.32 Å². The van der Waals surface area contributed by atoms with Gasteiger partial charge in [-0.15, -0.1) is 0 Å². The van der Waals surface area contributed by atoms with Gasteiger partial charge in [-0.1, -0.05) is 361 Å². The lowest BCUT2D eigenvalue weighted by molar-refractivity contribution is -0.870. The maximum Gasteiger partial charge on any atom is 0.268 e. The van der Waals surface area contributed by atoms with E-state index in [1.54, 1.807) is 6.08 Å². The summed E-state index contributed by atoms with van der Waals surface area (Å²) in [6, 6.07) is -0.916. The molecule has 3 atom stereocenters. The number of nitrogens with one attached hydrogen (secondary N) is 1. The first-order valence-electron chi connectivity index (χ1n) is 38.7. The highest BCUT2D eigenvalue weighted by atomic mass is 31.2. The molecule has 8 nitrogen and oxygen atoms in total. The van der Waals surface area contributed by atoms with Crippen LogP contribution in [-0.2, 0) is 18.4 Å². The van der Waals surface area contributed by atoms with Crippen molar-refractivity contribution in [2.24, 2.45) is 0 Å². The first kappa shape index (κ1) is 88.2. The minimum Gasteiger partial charge on any atom is -0.756 e. The Kier molecular flexibility index (Phi) is 69.2. The van der Waals surface area contributed by atoms with Gasteiger partial charge >= 0.3 is 0 Å². The molecule has 0 aromatic rings. The van der Waals surface area contributed by atoms with Crippen LogP contribution >= 0.6 is 7.82 Å². The van der Waals surface area contributed by atoms with E-state index < -0.39 is 26.6 Å². The molecule has 0 saturated carbocycles. The second-order valence-corrected chi connectivity index (χ2v) is 28.7. The van der Waals surface area contributed by atoms with Crippen molar-refractivity contribution in [3.05, 3.63) is 109 Å². The van der Waals surface area contributed by atoms with E-state index in [0.29, 0.717) is 17.4 Å². The molecule has 0 fully saturated rings. The van der Waals surface area contributed by atoms with Gasteiger partial charge in [-0.2, -0.15) is 0 Å². The van der Waals surface area contributed by atoms with E-state index in [-0.39, 0.29) is 12.5 Å². The van der Waals surface area contributed by atoms with Crippen LogP contribution < -0.4 is 10.2 Å². The maximum absolute atomic E-state index is 13.1. The molecule has 9 heteroatoms. The quantitative estimate of drug-likeness (QED) is 0.0272. The van der Waals surface area contributed by atoms with E-state index >= 15 is 0 Å². The zero-order chi connectivity index (χ0) is 66.2. The van der Waals surface area contributed by atoms with Crippen molar-refractivity contribution in [3.8, 4) is 0 Å². The molecule has 0 aliphatic rings. The van der Waals surface area contributed by atoms with E-state index in [1.807, 2.05) is 27.2 Å². The van der Waals surface area contributed by atoms with Crippen LogP contribution in [0.5, 0.6) is 0 Å². The third-order valence-electron chi connectivity index (χ3n) is 17.2. The maximum atomic E-state index is 13.1. The fraction of sp³-hybridized carbons (Fsp3) is 0.768. The van der Waals surface area contributed by atoms with Crippen LogP contribution in [0.25, 0.3) is 0 Å². The summed E-state index contributed by atoms with van der Waals surface area (Å²) in [6.45, 7) is 4.54. The summed E-state index contributed by atoms with van der Waals surface area (Å²) in [6.07, 6.45) is 105. The van der Waals surface area contributed by atoms with Crippen LogP contribution in [0.3, 0.4) is 0 Å². The predicted molar refractivity (Wildman–Crippen MR) is 399 cm³/mol. The lowest BCUT2D eigenvalue weighted by Crippen LogP contribution is -2.45. The van der Waals surface area contributed by atoms with Crippen molar-refractivity contribution in [2.75, 3.05) is 40.9 Å². The van der Waals surface area contributed by atoms with Gasteiger partial charge in [-0.3, -0.25) is 9.36 Å². The number of allylic oxidation sites excluding steroid dienone is 17. The number of hydrogen-bond donors (Lipinski definition) is 2. The third-order valence-corrected chi connectivity index (χ3v) is 18.2. The van der Waals surface area contributed by atoms with Crippen molar-refractivity contribution in [3.63, 3.8) is 0 Å². The molecular formula is C82H149N2O6P. The van der Waals surface area contributed by atoms with Gasteiger partial charge in [0, 0.05) is 6.42 Å². The Morgan fingerprint density at radius 3 is 1.02 bits per heavy atom. The molecule has 0 saturated heterocycles. The van der Waals surface area contributed by atoms with Crippen LogP contribution in [0, 0.1) is 0 Å². The van der Waals surface area contributed by atoms with E-state index in [4.69, 9.17) is 9.05 Å². The minimum absolute atomic E-state index is 0.0111. The summed E-state index contributed by atoms with van der Waals surface area (Å²) in [7, 11) is 1.24. The normalized spacial score (nSPS) is 14.1. The topological polar surface area (TPSA) is 108 Å². The smallest absolute Gasteiger partial charge is 0.268 e. The Hall–Kier alpha value is -2.84. The lowest BCUT2D eigenvalue weighted by Gasteiger charge is -2.29. The molecule has 0 radical (unpaired) electrons. The van der Waals surface area contributed by atoms with Gasteiger partial charge in [0.25, 0.3) is 7.82 Å². The predicted octanol–water partition coefficient (Wildman–Crippen LogP) is 24.8. The molecule has 0 aromatic carbocycles. The summed E-state index contributed by atoms with van der Waals surface area (Å²) in [5.41, 5.74) is 0. The van der Waals surface area contributed by atoms with Crippen LogP contribution in [0.1, 0.15) is 354 Å². The summed E-state index contributed by atoms with van der Waals surface area (Å²) in [5.74, 6) is -0.208. The third kappa shape index (κ3) is 74.4. The second-order valence-electron chi connectivity index (χ2n) is 27.3. The van der Waals surface area contributed by atoms with Gasteiger partial charge < -0.3 is 28.8 Å². The number of carbonyl (C=O) groups excluding carboxylic acids is 1. The lowest BCUT2D eigenvalue weighted by atomic mass is 10.0. The van der Waals surface area contributed by atoms with Crippen LogP contribution in [-0.4, -0.2) is 68.5 Å². The van der Waals surface area contributed by atoms with Gasteiger partial charge in [-0.25, -0.2) is 0 Å². The SMILES string of the molecule is CC/C=C\C/C=C\C/C=C\C/C=C\C/C=C\C/C=C\CCCCCCCCCCCCCCCCCCCCCCC(=O)NC(COP(=O)([O-])OCC[N+](C)(C)C)C(O)/C=C/CC/C=C/CC/C=C/CCCCCCCCCCCCCCCCCCCCCC. The Bertz CT molecular complexity index is 1860. The Balaban J connectivity index is 4.04. The minimum atomic E-state index is -4.62. The molecule has 0 aliphatic heterocycles. The highest BCUT2D eigenvalue weighted by Crippen LogP contribution is 2.38. The fourth-order valence-electron chi connectivity index (χ4n) is 11.3. The van der Waals surface area contributed by atoms with Crippen molar-refractivity contribution in [2.45, 2.75) is 366 Å². The monoisotopic (exact) mass is 1290 g/mol. The number of hydrogen-bond acceptors (Lipinski definition) is 6. The van der Waals surface area contributed by atoms with Crippen molar-refractivity contribution in [1.29, 1.82) is 0 Å². The molecule has 91 heavy (non-hydrogen) atoms. The Labute approximate surface area is 565 Å². The van der Waals surface area contributed by atoms with Crippen LogP contribution in [0.2, 0.25) is 0 Å². The number of phosphoric acid groups is 1. The summed E-state index contributed by atoms with van der Waals surface area (Å²) in [5, 5.41) is 14.0. The number of unbranched alkanes of at least 4 members (excludes halogenated alkanes) is 42. The molecular weight excluding hydrogens is 1140 g/mol. The molecule has 0 rings (SSSR count). The molecule has 3 unspecified atom stereocenters. The standard InChI is InChI=1S/C82H149N2O6P/c1-6-8-10-12-14-16-18-20-22-24-26-28-30-32-34-36-38-39-40-41-42-43-44-45-46-48-50-52-54-56-58-60-62-64-66-68-70-72-74-76-82(86)83-80(79-90-91(87,88)89-78-77-84(3,4)5)81(85)75-73-71-69-67-65-63-61-59-57-55-53-51-49-47-37-35-33-31-29-27-25-23-21-19-17-15-13-11-9-7-2/h8,10,14,16,20,22,26,28,32,34,38-39,57,59,65,67,73,75,80-81,85H,6-7,9,11-13,15,17-19,21,23-25,27,29-31,33,35-37,40-56,58,60-64,66,68-72,74,76-79H2,1-5H3,(H-,83,86,87,88)/b10-8-,16-14-,22-20-,28-26-,34-32-,39-38-,59-57+,67-65+,75-73+. The molecule has 528 valence electrons. The molecule has 0 heterocycles. The second kappa shape index (κ2) is 71.5. The number of aliphatic hydroxyl groups is 1. The molecule has 0 aliphatic carbocycles. The highest BCUT2D eigenvalue weighted by Gasteiger charge is 2.23. The van der Waals surface area contributed by atoms with Gasteiger partial charge in [-0.05, 0) is 96.3 Å². The van der Waals surface area contributed by atoms with Gasteiger partial charge in [0.15, 0.2) is 0 Å². The largest absolute Gasteiger partial charge is 0.756 e. The number of amides is 1. The number of quaternary nitrogens is 1. The number of rotatable bonds is 71. The number of carbonyl (C=O) groups is 1. The summed E-state index contributed by atoms with van der Waals surface area (Å²) < 4.78 is 23.5. The number of aliphatic hydroxyl groups excluding tert-OH is 1. The molecule has 0 spiro atoms. The van der Waals surface area contributed by atoms with Crippen LogP contribution in [0.4, 0.5) is 0 Å². The molecule has 1 amide bonds. The zero-order valence-corrected chi connectivity index (χ0v) is 61.4. The number of likely N-dealkylation sites (N-methyl/N-ethyl adjacent to an activating group) is 1. The fourth-order valence-corrected chi connectivity index (χ4v) is 12.0. The Morgan fingerprint density at radius 2 is 0.681 bits per heavy atom. The summed E-state index contributed by atoms with van der Waals surface area (Å²) in [4.78, 5) is 25.7. The Morgan fingerprint density at radius 1 is 0.396 bits per heavy atom. The first-order chi connectivity index (χ1) is 44.5. The van der Waals surface area contributed by atoms with E-state index in [2.05, 4.69) is 116 Å². The zero-order valence-electron chi connectivity index (χ0n) is 60.5. The molecule has 2 N–H and O–H groups in total. The van der Waals surface area contributed by atoms with E-state index in [9.17, 15) is 19.4 Å². The summed E-state index contributed by atoms with van der Waals surface area (Å²) >= 11 is 0. The number of phosphoric ester groups is 1. The average molecular weight is 1290 g/mol. The van der Waals surface area contributed by atoms with Crippen LogP contribution in [0.15, 0.2) is 109 Å². The average Bonchev–Trinajstić information content (AvgIpc) is 3.58. The van der Waals surface area contributed by atoms with Gasteiger partial charge in [0.05, 0.1) is 39.9 Å². The van der Waals surface area contributed by atoms with Crippen molar-refractivity contribution < 1.29 is 32.9 Å². The van der Waals surface area contributed by atoms with Gasteiger partial charge in [0.1, 0.15) is 13.2 Å². The number of nitrogens with zero attached hydrogens (tertiary/aromatic N) is 1. The highest BCUT2D eigenvalue weighted by molar-refractivity contribution is 7.45. The van der Waals surface area contributed by atoms with Crippen molar-refractivity contribution >= 4 is 13.7 Å². The molecule has 0 bridgehead atoms. The molecule has 0 aromatic heterocycles. The first-order valence-corrected chi connectivity index (χ1v) is 40.2. The van der Waals surface area contributed by atoms with E-state index in [0.717, 1.165) is 83.5 Å².